The van der Waals surface area contributed by atoms with Crippen molar-refractivity contribution in [2.24, 2.45) is 0 Å². The van der Waals surface area contributed by atoms with Gasteiger partial charge < -0.3 is 5.11 Å². The number of H-pyrrole nitrogens is 1. The van der Waals surface area contributed by atoms with Crippen LogP contribution in [0, 0.1) is 0 Å². The van der Waals surface area contributed by atoms with Gasteiger partial charge in [-0.15, -0.1) is 0 Å². The van der Waals surface area contributed by atoms with Gasteiger partial charge in [0, 0.05) is 22.8 Å². The molecule has 1 aromatic carbocycles. The van der Waals surface area contributed by atoms with Crippen LogP contribution in [0.4, 0.5) is 0 Å². The number of aromatic nitrogens is 2. The average molecular weight is 316 g/mol. The van der Waals surface area contributed by atoms with Crippen LogP contribution in [0.2, 0.25) is 5.02 Å². The van der Waals surface area contributed by atoms with Crippen molar-refractivity contribution in [1.82, 2.24) is 14.9 Å². The summed E-state index contributed by atoms with van der Waals surface area (Å²) in [4.78, 5) is 0.0510. The minimum absolute atomic E-state index is 0.0510. The molecule has 1 unspecified atom stereocenters. The van der Waals surface area contributed by atoms with Crippen LogP contribution in [0.5, 0.6) is 0 Å². The van der Waals surface area contributed by atoms with Gasteiger partial charge in [0.25, 0.3) is 0 Å². The van der Waals surface area contributed by atoms with Crippen molar-refractivity contribution >= 4 is 21.6 Å². The van der Waals surface area contributed by atoms with Gasteiger partial charge in [0.15, 0.2) is 0 Å². The number of nitrogens with one attached hydrogen (secondary N) is 2. The highest BCUT2D eigenvalue weighted by Gasteiger charge is 2.19. The topological polar surface area (TPSA) is 95.1 Å². The molecule has 2 rings (SSSR count). The molecule has 0 saturated carbocycles. The van der Waals surface area contributed by atoms with Gasteiger partial charge in [0.05, 0.1) is 17.7 Å². The van der Waals surface area contributed by atoms with E-state index in [0.29, 0.717) is 5.56 Å². The van der Waals surface area contributed by atoms with E-state index in [-0.39, 0.29) is 16.5 Å². The van der Waals surface area contributed by atoms with Gasteiger partial charge in [0.1, 0.15) is 0 Å². The van der Waals surface area contributed by atoms with Gasteiger partial charge in [0.2, 0.25) is 10.0 Å². The molecule has 20 heavy (non-hydrogen) atoms. The summed E-state index contributed by atoms with van der Waals surface area (Å²) in [7, 11) is -3.69. The van der Waals surface area contributed by atoms with Crippen molar-refractivity contribution in [1.29, 1.82) is 0 Å². The Morgan fingerprint density at radius 1 is 1.50 bits per heavy atom. The molecule has 0 radical (unpaired) electrons. The zero-order valence-electron chi connectivity index (χ0n) is 10.7. The number of aliphatic hydroxyl groups excluding tert-OH is 1. The number of nitrogens with zero attached hydrogens (tertiary/aromatic N) is 1. The number of aliphatic hydroxyl groups is 1. The van der Waals surface area contributed by atoms with Crippen LogP contribution < -0.4 is 4.72 Å². The van der Waals surface area contributed by atoms with Crippen LogP contribution in [0.15, 0.2) is 35.5 Å². The second-order valence-electron chi connectivity index (χ2n) is 4.29. The van der Waals surface area contributed by atoms with Crippen molar-refractivity contribution in [2.45, 2.75) is 24.5 Å². The standard InChI is InChI=1S/C12H14ClN3O3S/c1-8(10-5-14-15-6-10)16-20(18,19)11-3-2-9(7-17)12(13)4-11/h2-6,8,16-17H,7H2,1H3,(H,14,15). The minimum Gasteiger partial charge on any atom is -0.392 e. The van der Waals surface area contributed by atoms with Gasteiger partial charge >= 0.3 is 0 Å². The van der Waals surface area contributed by atoms with Gasteiger partial charge in [-0.2, -0.15) is 5.10 Å². The van der Waals surface area contributed by atoms with E-state index in [2.05, 4.69) is 14.9 Å². The third kappa shape index (κ3) is 3.18. The maximum Gasteiger partial charge on any atom is 0.241 e. The molecule has 0 saturated heterocycles. The SMILES string of the molecule is CC(NS(=O)(=O)c1ccc(CO)c(Cl)c1)c1cn[nH]c1. The first kappa shape index (κ1) is 15.0. The van der Waals surface area contributed by atoms with E-state index in [9.17, 15) is 8.42 Å². The lowest BCUT2D eigenvalue weighted by Crippen LogP contribution is -2.26. The summed E-state index contributed by atoms with van der Waals surface area (Å²) in [6.45, 7) is 1.48. The number of rotatable bonds is 5. The molecule has 0 aliphatic carbocycles. The normalized spacial score (nSPS) is 13.3. The fraction of sp³-hybridized carbons (Fsp3) is 0.250. The molecule has 1 atom stereocenters. The molecular weight excluding hydrogens is 302 g/mol. The third-order valence-corrected chi connectivity index (χ3v) is 4.75. The van der Waals surface area contributed by atoms with E-state index < -0.39 is 16.1 Å². The van der Waals surface area contributed by atoms with E-state index in [1.54, 1.807) is 19.3 Å². The van der Waals surface area contributed by atoms with E-state index in [1.165, 1.54) is 18.2 Å². The van der Waals surface area contributed by atoms with Gasteiger partial charge in [-0.25, -0.2) is 13.1 Å². The second kappa shape index (κ2) is 5.92. The van der Waals surface area contributed by atoms with Crippen LogP contribution in [0.25, 0.3) is 0 Å². The van der Waals surface area contributed by atoms with Gasteiger partial charge in [-0.05, 0) is 24.6 Å². The number of aromatic amines is 1. The Balaban J connectivity index is 2.24. The maximum absolute atomic E-state index is 12.2. The molecular formula is C12H14ClN3O3S. The van der Waals surface area contributed by atoms with E-state index in [0.717, 1.165) is 5.56 Å². The van der Waals surface area contributed by atoms with Crippen molar-refractivity contribution < 1.29 is 13.5 Å². The highest BCUT2D eigenvalue weighted by atomic mass is 35.5. The minimum atomic E-state index is -3.69. The number of hydrogen-bond donors (Lipinski definition) is 3. The Labute approximate surface area is 121 Å². The zero-order chi connectivity index (χ0) is 14.8. The molecule has 1 aromatic heterocycles. The monoisotopic (exact) mass is 315 g/mol. The third-order valence-electron chi connectivity index (χ3n) is 2.86. The fourth-order valence-corrected chi connectivity index (χ4v) is 3.25. The molecule has 8 heteroatoms. The molecule has 6 nitrogen and oxygen atoms in total. The predicted molar refractivity (Wildman–Crippen MR) is 74.7 cm³/mol. The quantitative estimate of drug-likeness (QED) is 0.781. The van der Waals surface area contributed by atoms with Gasteiger partial charge in [-0.1, -0.05) is 17.7 Å². The first-order valence-electron chi connectivity index (χ1n) is 5.84. The molecule has 0 fully saturated rings. The fourth-order valence-electron chi connectivity index (χ4n) is 1.69. The van der Waals surface area contributed by atoms with Crippen molar-refractivity contribution in [3.05, 3.63) is 46.7 Å². The molecule has 0 amide bonds. The number of benzene rings is 1. The van der Waals surface area contributed by atoms with Gasteiger partial charge in [-0.3, -0.25) is 5.10 Å². The molecule has 0 spiro atoms. The summed E-state index contributed by atoms with van der Waals surface area (Å²) in [6, 6.07) is 3.79. The van der Waals surface area contributed by atoms with Crippen LogP contribution in [-0.4, -0.2) is 23.7 Å². The highest BCUT2D eigenvalue weighted by Crippen LogP contribution is 2.22. The van der Waals surface area contributed by atoms with E-state index >= 15 is 0 Å². The largest absolute Gasteiger partial charge is 0.392 e. The molecule has 3 N–H and O–H groups in total. The van der Waals surface area contributed by atoms with Crippen molar-refractivity contribution in [3.63, 3.8) is 0 Å². The number of halogens is 1. The molecule has 108 valence electrons. The Hall–Kier alpha value is -1.41. The highest BCUT2D eigenvalue weighted by molar-refractivity contribution is 7.89. The molecule has 0 aliphatic rings. The first-order chi connectivity index (χ1) is 9.44. The summed E-state index contributed by atoms with van der Waals surface area (Å²) in [5.74, 6) is 0. The van der Waals surface area contributed by atoms with Crippen LogP contribution in [-0.2, 0) is 16.6 Å². The average Bonchev–Trinajstić information content (AvgIpc) is 2.92. The van der Waals surface area contributed by atoms with E-state index in [1.807, 2.05) is 0 Å². The maximum atomic E-state index is 12.2. The summed E-state index contributed by atoms with van der Waals surface area (Å²) < 4.78 is 27.0. The Morgan fingerprint density at radius 3 is 2.80 bits per heavy atom. The summed E-state index contributed by atoms with van der Waals surface area (Å²) in [5, 5.41) is 15.6. The Bertz CT molecular complexity index is 686. The zero-order valence-corrected chi connectivity index (χ0v) is 12.2. The Kier molecular flexibility index (Phi) is 4.44. The van der Waals surface area contributed by atoms with Crippen LogP contribution in [0.3, 0.4) is 0 Å². The molecule has 1 heterocycles. The molecule has 0 bridgehead atoms. The van der Waals surface area contributed by atoms with Crippen LogP contribution >= 0.6 is 11.6 Å². The first-order valence-corrected chi connectivity index (χ1v) is 7.70. The van der Waals surface area contributed by atoms with Crippen LogP contribution in [0.1, 0.15) is 24.1 Å². The van der Waals surface area contributed by atoms with Crippen molar-refractivity contribution in [3.8, 4) is 0 Å². The lowest BCUT2D eigenvalue weighted by Gasteiger charge is -2.13. The summed E-state index contributed by atoms with van der Waals surface area (Å²) >= 11 is 5.90. The lowest BCUT2D eigenvalue weighted by molar-refractivity contribution is 0.282. The molecule has 0 aliphatic heterocycles. The summed E-state index contributed by atoms with van der Waals surface area (Å²) in [5.41, 5.74) is 1.21. The number of hydrogen-bond acceptors (Lipinski definition) is 4. The second-order valence-corrected chi connectivity index (χ2v) is 6.41. The van der Waals surface area contributed by atoms with Crippen molar-refractivity contribution in [2.75, 3.05) is 0 Å². The van der Waals surface area contributed by atoms with E-state index in [4.69, 9.17) is 16.7 Å². The predicted octanol–water partition coefficient (Wildman–Crippen LogP) is 1.59. The lowest BCUT2D eigenvalue weighted by atomic mass is 10.2. The molecule has 2 aromatic rings. The smallest absolute Gasteiger partial charge is 0.241 e. The summed E-state index contributed by atoms with van der Waals surface area (Å²) in [6.07, 6.45) is 3.17. The number of sulfonamides is 1. The Morgan fingerprint density at radius 2 is 2.25 bits per heavy atom.